The number of hydrogen-bond acceptors (Lipinski definition) is 2. The quantitative estimate of drug-likeness (QED) is 0.166. The third-order valence-electron chi connectivity index (χ3n) is 12.7. The van der Waals surface area contributed by atoms with Crippen LogP contribution in [0.5, 0.6) is 0 Å². The molecule has 3 aliphatic heterocycles. The first-order valence-electron chi connectivity index (χ1n) is 19.7. The predicted octanol–water partition coefficient (Wildman–Crippen LogP) is 8.71. The lowest BCUT2D eigenvalue weighted by atomic mass is 9.34. The molecular formula is C52H40BNSSi. The molecule has 0 spiro atoms. The van der Waals surface area contributed by atoms with E-state index in [0.717, 1.165) is 0 Å². The first-order chi connectivity index (χ1) is 27.4. The standard InChI is InChI=1S/C52H40BNSSi/c1-33-17-15-18-34(2)50(33)37-29-45-51-47(30-37)55-46-27-13-12-26-42(46)53(51)43-32-49-41(31-44(43)54(45)52-35(3)19-16-20-36(52)4)40-25-11-14-28-48(40)56(49,38-21-7-5-8-22-38)39-23-9-6-10-24-39/h5-32H,1-4H3. The normalized spacial score (nSPS) is 14.1. The van der Waals surface area contributed by atoms with Crippen molar-refractivity contribution in [3.8, 4) is 22.3 Å². The maximum absolute atomic E-state index is 2.72. The number of para-hydroxylation sites is 1. The number of nitrogens with zero attached hydrogens (tertiary/aromatic N) is 1. The molecule has 0 unspecified atom stereocenters. The number of fused-ring (bicyclic) bond motifs is 7. The molecule has 11 rings (SSSR count). The Labute approximate surface area is 335 Å². The van der Waals surface area contributed by atoms with E-state index < -0.39 is 8.07 Å². The van der Waals surface area contributed by atoms with Crippen LogP contribution in [-0.2, 0) is 0 Å². The van der Waals surface area contributed by atoms with Gasteiger partial charge in [0, 0.05) is 21.2 Å². The maximum atomic E-state index is 2.68. The van der Waals surface area contributed by atoms with Gasteiger partial charge in [-0.1, -0.05) is 163 Å². The highest BCUT2D eigenvalue weighted by Gasteiger charge is 2.51. The van der Waals surface area contributed by atoms with Crippen LogP contribution in [0.4, 0.5) is 17.1 Å². The molecule has 0 amide bonds. The third-order valence-corrected chi connectivity index (χ3v) is 18.7. The average molecular weight is 750 g/mol. The Kier molecular flexibility index (Phi) is 7.55. The van der Waals surface area contributed by atoms with Gasteiger partial charge in [-0.2, -0.15) is 0 Å². The van der Waals surface area contributed by atoms with Crippen LogP contribution in [0.1, 0.15) is 22.3 Å². The van der Waals surface area contributed by atoms with Crippen molar-refractivity contribution in [2.45, 2.75) is 37.5 Å². The van der Waals surface area contributed by atoms with Crippen molar-refractivity contribution in [3.05, 3.63) is 192 Å². The summed E-state index contributed by atoms with van der Waals surface area (Å²) in [5, 5.41) is 5.82. The lowest BCUT2D eigenvalue weighted by molar-refractivity contribution is 1.21. The smallest absolute Gasteiger partial charge is 0.249 e. The van der Waals surface area contributed by atoms with Gasteiger partial charge in [0.1, 0.15) is 0 Å². The Morgan fingerprint density at radius 3 is 1.77 bits per heavy atom. The molecule has 0 atom stereocenters. The minimum Gasteiger partial charge on any atom is -0.311 e. The molecule has 0 saturated carbocycles. The van der Waals surface area contributed by atoms with Crippen LogP contribution in [0, 0.1) is 27.7 Å². The first-order valence-corrected chi connectivity index (χ1v) is 22.5. The Hall–Kier alpha value is -5.81. The van der Waals surface area contributed by atoms with Crippen LogP contribution in [0.3, 0.4) is 0 Å². The van der Waals surface area contributed by atoms with Gasteiger partial charge in [-0.05, 0) is 128 Å². The van der Waals surface area contributed by atoms with Crippen LogP contribution in [0.2, 0.25) is 0 Å². The molecule has 8 aromatic carbocycles. The van der Waals surface area contributed by atoms with Crippen LogP contribution < -0.4 is 42.0 Å². The first kappa shape index (κ1) is 33.5. The summed E-state index contributed by atoms with van der Waals surface area (Å²) in [6, 6.07) is 65.1. The fourth-order valence-electron chi connectivity index (χ4n) is 10.4. The van der Waals surface area contributed by atoms with E-state index in [9.17, 15) is 0 Å². The van der Waals surface area contributed by atoms with E-state index in [1.54, 1.807) is 0 Å². The van der Waals surface area contributed by atoms with Crippen LogP contribution in [-0.4, -0.2) is 14.8 Å². The second-order valence-corrected chi connectivity index (χ2v) is 20.6. The summed E-state index contributed by atoms with van der Waals surface area (Å²) in [7, 11) is -2.72. The number of hydrogen-bond donors (Lipinski definition) is 0. The topological polar surface area (TPSA) is 3.24 Å². The van der Waals surface area contributed by atoms with Crippen molar-refractivity contribution in [3.63, 3.8) is 0 Å². The van der Waals surface area contributed by atoms with Crippen LogP contribution in [0.25, 0.3) is 22.3 Å². The van der Waals surface area contributed by atoms with Gasteiger partial charge in [0.15, 0.2) is 8.07 Å². The SMILES string of the molecule is Cc1cccc(C)c1-c1cc2c3c(c1)N(c1c(C)cccc1C)c1cc4c(cc1B3c1ccccc1S2)[Si](c1ccccc1)(c1ccccc1)c1ccccc1-4. The number of aryl methyl sites for hydroxylation is 4. The molecule has 3 aliphatic rings. The highest BCUT2D eigenvalue weighted by Crippen LogP contribution is 2.47. The third kappa shape index (κ3) is 4.63. The van der Waals surface area contributed by atoms with Crippen molar-refractivity contribution in [2.24, 2.45) is 0 Å². The summed E-state index contributed by atoms with van der Waals surface area (Å²) in [4.78, 5) is 5.35. The molecule has 8 aromatic rings. The molecule has 266 valence electrons. The van der Waals surface area contributed by atoms with Gasteiger partial charge in [-0.25, -0.2) is 0 Å². The highest BCUT2D eigenvalue weighted by atomic mass is 32.2. The fraction of sp³-hybridized carbons (Fsp3) is 0.0769. The second-order valence-electron chi connectivity index (χ2n) is 15.8. The zero-order chi connectivity index (χ0) is 37.7. The summed E-state index contributed by atoms with van der Waals surface area (Å²) < 4.78 is 0. The van der Waals surface area contributed by atoms with Crippen molar-refractivity contribution in [2.75, 3.05) is 4.90 Å². The molecule has 1 nitrogen and oxygen atoms in total. The fourth-order valence-corrected chi connectivity index (χ4v) is 16.9. The predicted molar refractivity (Wildman–Crippen MR) is 243 cm³/mol. The van der Waals surface area contributed by atoms with E-state index in [2.05, 4.69) is 202 Å². The van der Waals surface area contributed by atoms with Gasteiger partial charge in [0.25, 0.3) is 0 Å². The summed E-state index contributed by atoms with van der Waals surface area (Å²) in [6.45, 7) is 9.17. The monoisotopic (exact) mass is 749 g/mol. The number of rotatable bonds is 4. The van der Waals surface area contributed by atoms with Crippen LogP contribution >= 0.6 is 11.8 Å². The maximum Gasteiger partial charge on any atom is 0.249 e. The highest BCUT2D eigenvalue weighted by molar-refractivity contribution is 8.00. The molecule has 0 saturated heterocycles. The van der Waals surface area contributed by atoms with Gasteiger partial charge < -0.3 is 4.90 Å². The largest absolute Gasteiger partial charge is 0.311 e. The molecule has 0 aromatic heterocycles. The van der Waals surface area contributed by atoms with Gasteiger partial charge >= 0.3 is 0 Å². The molecule has 0 N–H and O–H groups in total. The molecule has 56 heavy (non-hydrogen) atoms. The Morgan fingerprint density at radius 1 is 0.464 bits per heavy atom. The van der Waals surface area contributed by atoms with Crippen molar-refractivity contribution in [1.29, 1.82) is 0 Å². The summed E-state index contributed by atoms with van der Waals surface area (Å²) in [6.07, 6.45) is 0. The van der Waals surface area contributed by atoms with E-state index in [1.807, 2.05) is 11.8 Å². The van der Waals surface area contributed by atoms with E-state index in [4.69, 9.17) is 0 Å². The molecule has 0 bridgehead atoms. The lowest BCUT2D eigenvalue weighted by Crippen LogP contribution is -2.73. The molecule has 0 radical (unpaired) electrons. The minimum absolute atomic E-state index is 0.0901. The zero-order valence-corrected chi connectivity index (χ0v) is 33.9. The minimum atomic E-state index is -2.72. The van der Waals surface area contributed by atoms with Gasteiger partial charge in [-0.15, -0.1) is 0 Å². The zero-order valence-electron chi connectivity index (χ0n) is 32.1. The summed E-state index contributed by atoms with van der Waals surface area (Å²) in [5.41, 5.74) is 18.6. The number of anilines is 3. The van der Waals surface area contributed by atoms with E-state index in [0.29, 0.717) is 0 Å². The van der Waals surface area contributed by atoms with Gasteiger partial charge in [0.2, 0.25) is 6.71 Å². The van der Waals surface area contributed by atoms with Gasteiger partial charge in [-0.3, -0.25) is 0 Å². The van der Waals surface area contributed by atoms with Crippen molar-refractivity contribution >= 4 is 80.7 Å². The van der Waals surface area contributed by atoms with Crippen molar-refractivity contribution < 1.29 is 0 Å². The molecular weight excluding hydrogens is 710 g/mol. The van der Waals surface area contributed by atoms with Crippen molar-refractivity contribution in [1.82, 2.24) is 0 Å². The Balaban J connectivity index is 1.30. The second kappa shape index (κ2) is 12.6. The summed E-state index contributed by atoms with van der Waals surface area (Å²) >= 11 is 1.94. The summed E-state index contributed by atoms with van der Waals surface area (Å²) in [5.74, 6) is 0. The molecule has 0 aliphatic carbocycles. The molecule has 3 heterocycles. The Morgan fingerprint density at radius 2 is 1.07 bits per heavy atom. The molecule has 4 heteroatoms. The average Bonchev–Trinajstić information content (AvgIpc) is 3.51. The van der Waals surface area contributed by atoms with Gasteiger partial charge in [0.05, 0.1) is 5.69 Å². The van der Waals surface area contributed by atoms with E-state index in [1.165, 1.54) is 108 Å². The van der Waals surface area contributed by atoms with E-state index >= 15 is 0 Å². The Bertz CT molecular complexity index is 2820. The molecule has 0 fully saturated rings. The van der Waals surface area contributed by atoms with Crippen LogP contribution in [0.15, 0.2) is 180 Å². The van der Waals surface area contributed by atoms with E-state index in [-0.39, 0.29) is 6.71 Å². The number of benzene rings is 8. The lowest BCUT2D eigenvalue weighted by Gasteiger charge is -2.42.